The molecule has 184 valence electrons. The van der Waals surface area contributed by atoms with E-state index in [1.807, 2.05) is 50.2 Å². The molecule has 36 heavy (non-hydrogen) atoms. The van der Waals surface area contributed by atoms with Crippen molar-refractivity contribution in [1.82, 2.24) is 4.98 Å². The Hall–Kier alpha value is -3.71. The molecular weight excluding hydrogens is 470 g/mol. The zero-order valence-corrected chi connectivity index (χ0v) is 21.3. The number of aromatic nitrogens is 1. The number of benzene rings is 3. The van der Waals surface area contributed by atoms with Crippen LogP contribution in [0.3, 0.4) is 0 Å². The smallest absolute Gasteiger partial charge is 0.255 e. The fourth-order valence-corrected chi connectivity index (χ4v) is 6.43. The molecule has 1 aliphatic heterocycles. The van der Waals surface area contributed by atoms with Crippen LogP contribution in [-0.2, 0) is 10.0 Å². The maximum Gasteiger partial charge on any atom is 0.255 e. The summed E-state index contributed by atoms with van der Waals surface area (Å²) in [5.41, 5.74) is 5.43. The molecule has 1 aliphatic rings. The van der Waals surface area contributed by atoms with E-state index in [0.29, 0.717) is 29.9 Å². The van der Waals surface area contributed by atoms with E-state index in [-0.39, 0.29) is 11.7 Å². The van der Waals surface area contributed by atoms with Crippen molar-refractivity contribution in [3.8, 4) is 11.3 Å². The third-order valence-electron chi connectivity index (χ3n) is 6.77. The number of rotatable bonds is 4. The molecule has 1 amide bonds. The average Bonchev–Trinajstić information content (AvgIpc) is 3.04. The number of hydrogen-bond acceptors (Lipinski definition) is 4. The number of amides is 1. The van der Waals surface area contributed by atoms with Gasteiger partial charge in [0, 0.05) is 34.9 Å². The second-order valence-electron chi connectivity index (χ2n) is 9.31. The number of pyridine rings is 1. The van der Waals surface area contributed by atoms with Crippen LogP contribution in [0.15, 0.2) is 72.9 Å². The number of aryl methyl sites for hydroxylation is 2. The lowest BCUT2D eigenvalue weighted by Gasteiger charge is -2.23. The van der Waals surface area contributed by atoms with Crippen molar-refractivity contribution in [3.05, 3.63) is 89.6 Å². The minimum absolute atomic E-state index is 0.162. The van der Waals surface area contributed by atoms with Crippen LogP contribution >= 0.6 is 0 Å². The Morgan fingerprint density at radius 1 is 0.917 bits per heavy atom. The van der Waals surface area contributed by atoms with Crippen molar-refractivity contribution in [1.29, 1.82) is 0 Å². The Morgan fingerprint density at radius 2 is 1.75 bits per heavy atom. The van der Waals surface area contributed by atoms with E-state index in [2.05, 4.69) is 22.4 Å². The Kier molecular flexibility index (Phi) is 6.49. The predicted molar refractivity (Wildman–Crippen MR) is 146 cm³/mol. The van der Waals surface area contributed by atoms with Gasteiger partial charge in [0.15, 0.2) is 0 Å². The zero-order chi connectivity index (χ0) is 25.3. The number of nitrogens with one attached hydrogen (secondary N) is 1. The highest BCUT2D eigenvalue weighted by Crippen LogP contribution is 2.31. The van der Waals surface area contributed by atoms with Gasteiger partial charge in [0.2, 0.25) is 10.0 Å². The Bertz CT molecular complexity index is 1560. The fourth-order valence-electron chi connectivity index (χ4n) is 4.80. The lowest BCUT2D eigenvalue weighted by molar-refractivity contribution is 0.102. The lowest BCUT2D eigenvalue weighted by Crippen LogP contribution is -2.32. The number of anilines is 2. The van der Waals surface area contributed by atoms with Gasteiger partial charge in [0.05, 0.1) is 17.1 Å². The summed E-state index contributed by atoms with van der Waals surface area (Å²) in [6.07, 6.45) is 4.23. The van der Waals surface area contributed by atoms with E-state index >= 15 is 0 Å². The van der Waals surface area contributed by atoms with Crippen LogP contribution in [0.5, 0.6) is 0 Å². The topological polar surface area (TPSA) is 79.4 Å². The Morgan fingerprint density at radius 3 is 2.58 bits per heavy atom. The average molecular weight is 500 g/mol. The normalized spacial score (nSPS) is 15.4. The van der Waals surface area contributed by atoms with Crippen LogP contribution in [0.1, 0.15) is 40.7 Å². The molecule has 0 spiro atoms. The monoisotopic (exact) mass is 499 g/mol. The van der Waals surface area contributed by atoms with E-state index in [1.165, 1.54) is 4.31 Å². The summed E-state index contributed by atoms with van der Waals surface area (Å²) in [5.74, 6) is -0.0752. The van der Waals surface area contributed by atoms with Gasteiger partial charge in [-0.3, -0.25) is 14.1 Å². The summed E-state index contributed by atoms with van der Waals surface area (Å²) in [7, 11) is -3.34. The van der Waals surface area contributed by atoms with Crippen molar-refractivity contribution >= 4 is 38.1 Å². The summed E-state index contributed by atoms with van der Waals surface area (Å²) in [5, 5.41) is 5.18. The van der Waals surface area contributed by atoms with Crippen molar-refractivity contribution in [2.45, 2.75) is 33.1 Å². The standard InChI is InChI=1S/C29H29N3O3S/c1-20-10-11-23(19-27(20)28-26-9-5-4-8-22(26)14-15-30-28)31-29(33)25-13-12-24(18-21(25)2)32-16-6-3-7-17-36(32,34)35/h4-5,8-15,18-19H,3,6-7,16-17H2,1-2H3,(H,31,33). The molecule has 1 saturated heterocycles. The number of nitrogens with zero attached hydrogens (tertiary/aromatic N) is 2. The van der Waals surface area contributed by atoms with Crippen LogP contribution in [0, 0.1) is 13.8 Å². The van der Waals surface area contributed by atoms with Gasteiger partial charge in [0.1, 0.15) is 0 Å². The molecule has 0 bridgehead atoms. The molecule has 2 heterocycles. The predicted octanol–water partition coefficient (Wildman–Crippen LogP) is 6.09. The molecule has 0 aliphatic carbocycles. The highest BCUT2D eigenvalue weighted by Gasteiger charge is 2.25. The number of fused-ring (bicyclic) bond motifs is 1. The summed E-state index contributed by atoms with van der Waals surface area (Å²) in [6, 6.07) is 21.2. The fraction of sp³-hybridized carbons (Fsp3) is 0.241. The first-order valence-corrected chi connectivity index (χ1v) is 13.8. The summed E-state index contributed by atoms with van der Waals surface area (Å²) in [6.45, 7) is 4.34. The summed E-state index contributed by atoms with van der Waals surface area (Å²) in [4.78, 5) is 17.8. The lowest BCUT2D eigenvalue weighted by atomic mass is 9.99. The van der Waals surface area contributed by atoms with Crippen LogP contribution < -0.4 is 9.62 Å². The van der Waals surface area contributed by atoms with E-state index in [9.17, 15) is 13.2 Å². The van der Waals surface area contributed by atoms with Gasteiger partial charge in [-0.25, -0.2) is 8.42 Å². The van der Waals surface area contributed by atoms with Crippen molar-refractivity contribution in [2.24, 2.45) is 0 Å². The Balaban J connectivity index is 1.42. The van der Waals surface area contributed by atoms with Crippen LogP contribution in [0.2, 0.25) is 0 Å². The molecule has 0 radical (unpaired) electrons. The van der Waals surface area contributed by atoms with Crippen LogP contribution in [0.4, 0.5) is 11.4 Å². The molecule has 4 aromatic rings. The van der Waals surface area contributed by atoms with Crippen molar-refractivity contribution < 1.29 is 13.2 Å². The number of carbonyl (C=O) groups excluding carboxylic acids is 1. The molecule has 5 rings (SSSR count). The van der Waals surface area contributed by atoms with Gasteiger partial charge >= 0.3 is 0 Å². The van der Waals surface area contributed by atoms with Gasteiger partial charge in [0.25, 0.3) is 5.91 Å². The first kappa shape index (κ1) is 24.0. The van der Waals surface area contributed by atoms with Crippen molar-refractivity contribution in [2.75, 3.05) is 21.9 Å². The third kappa shape index (κ3) is 4.71. The molecule has 1 aromatic heterocycles. The molecule has 7 heteroatoms. The largest absolute Gasteiger partial charge is 0.322 e. The van der Waals surface area contributed by atoms with Gasteiger partial charge in [-0.2, -0.15) is 0 Å². The van der Waals surface area contributed by atoms with Crippen molar-refractivity contribution in [3.63, 3.8) is 0 Å². The molecule has 6 nitrogen and oxygen atoms in total. The van der Waals surface area contributed by atoms with E-state index in [4.69, 9.17) is 0 Å². The summed E-state index contributed by atoms with van der Waals surface area (Å²) < 4.78 is 26.8. The van der Waals surface area contributed by atoms with Crippen LogP contribution in [0.25, 0.3) is 22.0 Å². The molecule has 1 N–H and O–H groups in total. The first-order valence-electron chi connectivity index (χ1n) is 12.2. The SMILES string of the molecule is Cc1cc(N2CCCCCS2(=O)=O)ccc1C(=O)Nc1ccc(C)c(-c2nccc3ccccc23)c1. The van der Waals surface area contributed by atoms with E-state index < -0.39 is 10.0 Å². The van der Waals surface area contributed by atoms with Gasteiger partial charge < -0.3 is 5.32 Å². The van der Waals surface area contributed by atoms with Gasteiger partial charge in [-0.05, 0) is 79.6 Å². The summed E-state index contributed by atoms with van der Waals surface area (Å²) >= 11 is 0. The molecule has 0 saturated carbocycles. The number of sulfonamides is 1. The molecule has 0 atom stereocenters. The van der Waals surface area contributed by atoms with E-state index in [0.717, 1.165) is 46.0 Å². The molecule has 1 fully saturated rings. The minimum Gasteiger partial charge on any atom is -0.322 e. The molecule has 0 unspecified atom stereocenters. The highest BCUT2D eigenvalue weighted by molar-refractivity contribution is 7.92. The van der Waals surface area contributed by atoms with E-state index in [1.54, 1.807) is 24.4 Å². The highest BCUT2D eigenvalue weighted by atomic mass is 32.2. The zero-order valence-electron chi connectivity index (χ0n) is 20.5. The number of carbonyl (C=O) groups is 1. The first-order chi connectivity index (χ1) is 17.3. The maximum atomic E-state index is 13.2. The minimum atomic E-state index is -3.34. The second-order valence-corrected chi connectivity index (χ2v) is 11.3. The molecular formula is C29H29N3O3S. The van der Waals surface area contributed by atoms with Gasteiger partial charge in [-0.15, -0.1) is 0 Å². The quantitative estimate of drug-likeness (QED) is 0.368. The van der Waals surface area contributed by atoms with Crippen LogP contribution in [-0.4, -0.2) is 31.6 Å². The second kappa shape index (κ2) is 9.74. The molecule has 3 aromatic carbocycles. The Labute approximate surface area is 212 Å². The maximum absolute atomic E-state index is 13.2. The van der Waals surface area contributed by atoms with Gasteiger partial charge in [-0.1, -0.05) is 36.8 Å². The third-order valence-corrected chi connectivity index (χ3v) is 8.64. The number of hydrogen-bond donors (Lipinski definition) is 1.